The van der Waals surface area contributed by atoms with Crippen molar-refractivity contribution in [2.75, 3.05) is 21.8 Å². The Balaban J connectivity index is 0.000000170. The van der Waals surface area contributed by atoms with Gasteiger partial charge >= 0.3 is 23.9 Å². The van der Waals surface area contributed by atoms with Gasteiger partial charge in [0.25, 0.3) is 23.6 Å². The van der Waals surface area contributed by atoms with Gasteiger partial charge in [-0.3, -0.25) is 24.1 Å². The number of thiophene rings is 8. The van der Waals surface area contributed by atoms with Gasteiger partial charge in [-0.05, 0) is 102 Å². The summed E-state index contributed by atoms with van der Waals surface area (Å²) >= 11 is 36.7. The molecular weight excluding hydrogens is 1610 g/mol. The van der Waals surface area contributed by atoms with Gasteiger partial charge in [0, 0.05) is 64.9 Å². The minimum atomic E-state index is -3.58. The van der Waals surface area contributed by atoms with Crippen molar-refractivity contribution >= 4 is 230 Å². The van der Waals surface area contributed by atoms with Gasteiger partial charge in [0.1, 0.15) is 50.8 Å². The average molecular weight is 1650 g/mol. The lowest BCUT2D eigenvalue weighted by molar-refractivity contribution is 0.0688. The standard InChI is InChI=1S/C28H17BrCl2N2O4S3.C17H11Cl2NO5S3.C17H13NO3S2.C6H6O2S/c1-13-2-4-14(5-3-13)19-12-39-27(22(19)28(36)37)33(25(35)17-10-20(30)40-23(17)31)26-21(24(32)34)18(11-38-26)15-6-8-16(29)9-7-15;1-28(24,25)11-7-26-14(13(11)19)15(21)20-16-12(17(22)23)10(6-27-16)8-2-4-9(18)5-3-8;1-10-4-6-11(7-5-10)12-9-23-16(14(12)17(20)21)18-15(19)13-3-2-8-22-13;1-4-2-3-9-5(4)6(7)8/h2-12H,1H3,(H2,32,34)(H,36,37);2-7H,1H3,(H,20,21)(H,22,23);2-9H,1H3,(H,18,19)(H,20,21);2-3H,1H3,(H,7,8). The number of benzene rings is 4. The second-order valence-electron chi connectivity index (χ2n) is 20.9. The molecule has 12 rings (SSSR count). The van der Waals surface area contributed by atoms with E-state index in [1.165, 1.54) is 50.4 Å². The third-order valence-corrected chi connectivity index (χ3v) is 24.8. The topological polar surface area (TPSA) is 305 Å². The molecular formula is C68H47BrCl4N4O14S9. The molecule has 0 fully saturated rings. The van der Waals surface area contributed by atoms with Crippen molar-refractivity contribution in [2.45, 2.75) is 25.7 Å². The van der Waals surface area contributed by atoms with Crippen LogP contribution in [0.1, 0.15) is 97.5 Å². The van der Waals surface area contributed by atoms with Crippen LogP contribution in [0, 0.1) is 20.8 Å². The molecule has 512 valence electrons. The van der Waals surface area contributed by atoms with Gasteiger partial charge in [0.05, 0.1) is 30.3 Å². The first kappa shape index (κ1) is 76.0. The highest BCUT2D eigenvalue weighted by atomic mass is 79.9. The monoisotopic (exact) mass is 1650 g/mol. The number of carbonyl (C=O) groups is 8. The van der Waals surface area contributed by atoms with Crippen LogP contribution in [0.15, 0.2) is 168 Å². The molecule has 8 N–H and O–H groups in total. The molecule has 0 saturated carbocycles. The summed E-state index contributed by atoms with van der Waals surface area (Å²) in [6, 6.07) is 35.6. The maximum Gasteiger partial charge on any atom is 0.346 e. The van der Waals surface area contributed by atoms with Crippen molar-refractivity contribution in [3.63, 3.8) is 0 Å². The molecule has 100 heavy (non-hydrogen) atoms. The van der Waals surface area contributed by atoms with Crippen LogP contribution in [0.4, 0.5) is 20.0 Å². The Morgan fingerprint density at radius 3 is 1.38 bits per heavy atom. The molecule has 0 bridgehead atoms. The first-order chi connectivity index (χ1) is 47.4. The number of nitrogens with one attached hydrogen (secondary N) is 2. The maximum absolute atomic E-state index is 14.2. The van der Waals surface area contributed by atoms with Crippen LogP contribution < -0.4 is 21.3 Å². The van der Waals surface area contributed by atoms with Crippen LogP contribution in [0.2, 0.25) is 18.7 Å². The average Bonchev–Trinajstić information content (AvgIpc) is 1.59. The number of anilines is 4. The number of nitrogens with zero attached hydrogens (tertiary/aromatic N) is 1. The Kier molecular flexibility index (Phi) is 25.2. The number of nitrogens with two attached hydrogens (primary N) is 1. The fraction of sp³-hybridized carbons (Fsp3) is 0.0588. The highest BCUT2D eigenvalue weighted by Gasteiger charge is 2.36. The molecule has 0 atom stereocenters. The molecule has 4 amide bonds. The summed E-state index contributed by atoms with van der Waals surface area (Å²) in [6.45, 7) is 5.70. The van der Waals surface area contributed by atoms with Crippen LogP contribution >= 0.6 is 153 Å². The van der Waals surface area contributed by atoms with Gasteiger partial charge in [-0.15, -0.1) is 90.7 Å². The van der Waals surface area contributed by atoms with Gasteiger partial charge in [0.2, 0.25) is 0 Å². The summed E-state index contributed by atoms with van der Waals surface area (Å²) in [5.41, 5.74) is 13.8. The number of rotatable bonds is 17. The highest BCUT2D eigenvalue weighted by molar-refractivity contribution is 9.10. The SMILES string of the molecule is CS(=O)(=O)c1csc(C(=O)Nc2scc(-c3ccc(Cl)cc3)c2C(=O)O)c1Cl.Cc1ccc(-c2csc(N(C(=O)c3cc(Cl)sc3Cl)c3scc(-c4ccc(Br)cc4)c3C(N)=O)c2C(=O)O)cc1.Cc1ccc(-c2csc(NC(=O)c3cccs3)c2C(=O)O)cc1.Cc1ccsc1C(=O)O. The van der Waals surface area contributed by atoms with Crippen molar-refractivity contribution in [1.82, 2.24) is 0 Å². The lowest BCUT2D eigenvalue weighted by atomic mass is 10.0. The molecule has 8 heterocycles. The summed E-state index contributed by atoms with van der Waals surface area (Å²) in [4.78, 5) is 100. The largest absolute Gasteiger partial charge is 0.478 e. The van der Waals surface area contributed by atoms with Crippen LogP contribution in [0.5, 0.6) is 0 Å². The number of carbonyl (C=O) groups excluding carboxylic acids is 4. The Morgan fingerprint density at radius 1 is 0.510 bits per heavy atom. The molecule has 18 nitrogen and oxygen atoms in total. The van der Waals surface area contributed by atoms with E-state index in [0.717, 1.165) is 89.7 Å². The molecule has 32 heteroatoms. The minimum Gasteiger partial charge on any atom is -0.478 e. The summed E-state index contributed by atoms with van der Waals surface area (Å²) in [6.07, 6.45) is 0.989. The summed E-state index contributed by atoms with van der Waals surface area (Å²) < 4.78 is 24.6. The zero-order valence-electron chi connectivity index (χ0n) is 51.5. The number of carboxylic acids is 4. The number of aromatic carboxylic acids is 4. The van der Waals surface area contributed by atoms with E-state index in [1.54, 1.807) is 81.7 Å². The number of aryl methyl sites for hydroxylation is 3. The van der Waals surface area contributed by atoms with Gasteiger partial charge < -0.3 is 36.8 Å². The molecule has 0 aliphatic carbocycles. The summed E-state index contributed by atoms with van der Waals surface area (Å²) in [7, 11) is -3.58. The van der Waals surface area contributed by atoms with Gasteiger partial charge in [0.15, 0.2) is 9.84 Å². The second kappa shape index (κ2) is 33.1. The van der Waals surface area contributed by atoms with Crippen molar-refractivity contribution in [3.8, 4) is 44.5 Å². The van der Waals surface area contributed by atoms with E-state index < -0.39 is 51.4 Å². The van der Waals surface area contributed by atoms with Gasteiger partial charge in [-0.2, -0.15) is 0 Å². The molecule has 0 spiro atoms. The maximum atomic E-state index is 14.2. The zero-order chi connectivity index (χ0) is 72.6. The third-order valence-electron chi connectivity index (χ3n) is 14.1. The number of hydrogen-bond donors (Lipinski definition) is 7. The quantitative estimate of drug-likeness (QED) is 0.0446. The van der Waals surface area contributed by atoms with Gasteiger partial charge in [-0.1, -0.05) is 152 Å². The lowest BCUT2D eigenvalue weighted by Crippen LogP contribution is -2.28. The number of carboxylic acid groups (broad SMARTS) is 4. The van der Waals surface area contributed by atoms with E-state index in [9.17, 15) is 62.1 Å². The Labute approximate surface area is 630 Å². The molecule has 12 aromatic rings. The predicted octanol–water partition coefficient (Wildman–Crippen LogP) is 21.0. The van der Waals surface area contributed by atoms with E-state index in [2.05, 4.69) is 26.6 Å². The number of hydrogen-bond acceptors (Lipinski definition) is 18. The Bertz CT molecular complexity index is 5110. The number of amides is 4. The lowest BCUT2D eigenvalue weighted by Gasteiger charge is -2.22. The zero-order valence-corrected chi connectivity index (χ0v) is 63.5. The van der Waals surface area contributed by atoms with E-state index in [-0.39, 0.29) is 72.2 Å². The van der Waals surface area contributed by atoms with Gasteiger partial charge in [-0.25, -0.2) is 27.6 Å². The predicted molar refractivity (Wildman–Crippen MR) is 410 cm³/mol. The normalized spacial score (nSPS) is 10.8. The van der Waals surface area contributed by atoms with Crippen molar-refractivity contribution < 1.29 is 67.2 Å². The first-order valence-electron chi connectivity index (χ1n) is 28.2. The Morgan fingerprint density at radius 2 is 0.970 bits per heavy atom. The Hall–Kier alpha value is -8.17. The fourth-order valence-electron chi connectivity index (χ4n) is 9.31. The van der Waals surface area contributed by atoms with Crippen LogP contribution in [-0.2, 0) is 9.84 Å². The first-order valence-corrected chi connectivity index (χ1v) is 39.4. The molecule has 0 aliphatic heterocycles. The summed E-state index contributed by atoms with van der Waals surface area (Å²) in [5.74, 6) is -6.71. The van der Waals surface area contributed by atoms with E-state index in [0.29, 0.717) is 58.7 Å². The number of sulfone groups is 1. The number of halogens is 5. The molecule has 8 aromatic heterocycles. The molecule has 0 saturated heterocycles. The van der Waals surface area contributed by atoms with Crippen molar-refractivity contribution in [2.24, 2.45) is 5.73 Å². The molecule has 0 radical (unpaired) electrons. The molecule has 0 aliphatic rings. The second-order valence-corrected chi connectivity index (χ2v) is 33.1. The molecule has 0 unspecified atom stereocenters. The number of primary amides is 1. The molecule has 4 aromatic carbocycles. The highest BCUT2D eigenvalue weighted by Crippen LogP contribution is 2.49. The van der Waals surface area contributed by atoms with Crippen LogP contribution in [-0.4, -0.2) is 82.6 Å². The third kappa shape index (κ3) is 17.8. The smallest absolute Gasteiger partial charge is 0.346 e. The van der Waals surface area contributed by atoms with Crippen molar-refractivity contribution in [1.29, 1.82) is 0 Å². The van der Waals surface area contributed by atoms with Crippen LogP contribution in [0.25, 0.3) is 44.5 Å². The van der Waals surface area contributed by atoms with Crippen LogP contribution in [0.3, 0.4) is 0 Å². The van der Waals surface area contributed by atoms with E-state index in [4.69, 9.17) is 57.2 Å². The fourth-order valence-corrected chi connectivity index (χ4v) is 19.5. The van der Waals surface area contributed by atoms with E-state index in [1.807, 2.05) is 86.6 Å². The summed E-state index contributed by atoms with van der Waals surface area (Å²) in [5, 5.41) is 56.0. The van der Waals surface area contributed by atoms with E-state index >= 15 is 0 Å². The van der Waals surface area contributed by atoms with Crippen molar-refractivity contribution in [3.05, 3.63) is 241 Å². The minimum absolute atomic E-state index is 0.0140.